The molecule has 6 nitrogen and oxygen atoms in total. The van der Waals surface area contributed by atoms with E-state index in [9.17, 15) is 14.7 Å². The molecule has 0 aromatic heterocycles. The number of aliphatic carboxylic acids is 1. The van der Waals surface area contributed by atoms with E-state index >= 15 is 0 Å². The molecule has 0 aliphatic heterocycles. The molecule has 0 saturated heterocycles. The molecule has 1 rings (SSSR count). The molecule has 6 heteroatoms. The van der Waals surface area contributed by atoms with E-state index in [0.29, 0.717) is 0 Å². The van der Waals surface area contributed by atoms with E-state index < -0.39 is 17.9 Å². The Kier molecular flexibility index (Phi) is 5.83. The summed E-state index contributed by atoms with van der Waals surface area (Å²) in [6.07, 6.45) is -0.139. The smallest absolute Gasteiger partial charge is 0.305 e. The number of hydrogen-bond acceptors (Lipinski definition) is 4. The van der Waals surface area contributed by atoms with Gasteiger partial charge in [0.05, 0.1) is 6.42 Å². The summed E-state index contributed by atoms with van der Waals surface area (Å²) in [4.78, 5) is 22.4. The number of ether oxygens (including phenoxy) is 1. The molecule has 110 valence electrons. The summed E-state index contributed by atoms with van der Waals surface area (Å²) in [5.74, 6) is -1.23. The van der Waals surface area contributed by atoms with Gasteiger partial charge in [0.15, 0.2) is 18.1 Å². The maximum atomic E-state index is 11.7. The summed E-state index contributed by atoms with van der Waals surface area (Å²) >= 11 is 0. The molecule has 0 fully saturated rings. The van der Waals surface area contributed by atoms with Gasteiger partial charge in [-0.1, -0.05) is 26.0 Å². The zero-order valence-electron chi connectivity index (χ0n) is 11.5. The number of carbonyl (C=O) groups excluding carboxylic acids is 1. The van der Waals surface area contributed by atoms with Crippen LogP contribution >= 0.6 is 0 Å². The molecule has 3 N–H and O–H groups in total. The quantitative estimate of drug-likeness (QED) is 0.702. The molecule has 20 heavy (non-hydrogen) atoms. The Labute approximate surface area is 117 Å². The average Bonchev–Trinajstić information content (AvgIpc) is 2.36. The Morgan fingerprint density at radius 2 is 1.95 bits per heavy atom. The van der Waals surface area contributed by atoms with E-state index in [1.54, 1.807) is 18.2 Å². The van der Waals surface area contributed by atoms with Crippen molar-refractivity contribution in [2.45, 2.75) is 26.3 Å². The molecule has 1 amide bonds. The van der Waals surface area contributed by atoms with Crippen molar-refractivity contribution in [3.63, 3.8) is 0 Å². The van der Waals surface area contributed by atoms with E-state index in [0.717, 1.165) is 0 Å². The number of aromatic hydroxyl groups is 1. The minimum atomic E-state index is -0.967. The van der Waals surface area contributed by atoms with Crippen molar-refractivity contribution in [1.82, 2.24) is 5.32 Å². The molecule has 0 saturated carbocycles. The lowest BCUT2D eigenvalue weighted by atomic mass is 10.0. The van der Waals surface area contributed by atoms with Gasteiger partial charge in [0.2, 0.25) is 0 Å². The lowest BCUT2D eigenvalue weighted by Gasteiger charge is -2.20. The topological polar surface area (TPSA) is 95.9 Å². The van der Waals surface area contributed by atoms with E-state index in [4.69, 9.17) is 9.84 Å². The molecule has 0 heterocycles. The largest absolute Gasteiger partial charge is 0.504 e. The Morgan fingerprint density at radius 3 is 2.50 bits per heavy atom. The van der Waals surface area contributed by atoms with Crippen molar-refractivity contribution in [2.75, 3.05) is 6.61 Å². The second-order valence-corrected chi connectivity index (χ2v) is 4.77. The highest BCUT2D eigenvalue weighted by atomic mass is 16.5. The van der Waals surface area contributed by atoms with Crippen LogP contribution in [0.2, 0.25) is 0 Å². The van der Waals surface area contributed by atoms with Crippen LogP contribution in [0, 0.1) is 5.92 Å². The van der Waals surface area contributed by atoms with Gasteiger partial charge >= 0.3 is 5.97 Å². The second-order valence-electron chi connectivity index (χ2n) is 4.77. The lowest BCUT2D eigenvalue weighted by Crippen LogP contribution is -2.42. The van der Waals surface area contributed by atoms with Gasteiger partial charge < -0.3 is 20.3 Å². The standard InChI is InChI=1S/C14H19NO5/c1-9(2)10(7-14(18)19)15-13(17)8-20-12-6-4-3-5-11(12)16/h3-6,9-10,16H,7-8H2,1-2H3,(H,15,17)(H,18,19). The van der Waals surface area contributed by atoms with E-state index in [1.165, 1.54) is 6.07 Å². The first-order valence-corrected chi connectivity index (χ1v) is 6.32. The molecule has 0 aliphatic carbocycles. The highest BCUT2D eigenvalue weighted by molar-refractivity contribution is 5.79. The van der Waals surface area contributed by atoms with Crippen LogP contribution in [0.25, 0.3) is 0 Å². The molecule has 0 bridgehead atoms. The summed E-state index contributed by atoms with van der Waals surface area (Å²) in [6, 6.07) is 5.86. The second kappa shape index (κ2) is 7.37. The first-order valence-electron chi connectivity index (χ1n) is 6.32. The summed E-state index contributed by atoms with van der Waals surface area (Å²) in [7, 11) is 0. The van der Waals surface area contributed by atoms with E-state index in [1.807, 2.05) is 13.8 Å². The Bertz CT molecular complexity index is 472. The molecular formula is C14H19NO5. The zero-order chi connectivity index (χ0) is 15.1. The summed E-state index contributed by atoms with van der Waals surface area (Å²) < 4.78 is 5.17. The lowest BCUT2D eigenvalue weighted by molar-refractivity contribution is -0.138. The van der Waals surface area contributed by atoms with Gasteiger partial charge in [-0.15, -0.1) is 0 Å². The normalized spacial score (nSPS) is 11.9. The fourth-order valence-electron chi connectivity index (χ4n) is 1.61. The molecule has 0 spiro atoms. The van der Waals surface area contributed by atoms with E-state index in [2.05, 4.69) is 5.32 Å². The third-order valence-corrected chi connectivity index (χ3v) is 2.77. The molecule has 1 unspecified atom stereocenters. The highest BCUT2D eigenvalue weighted by Gasteiger charge is 2.19. The number of phenolic OH excluding ortho intramolecular Hbond substituents is 1. The van der Waals surface area contributed by atoms with Gasteiger partial charge in [-0.3, -0.25) is 9.59 Å². The maximum Gasteiger partial charge on any atom is 0.305 e. The average molecular weight is 281 g/mol. The van der Waals surface area contributed by atoms with E-state index in [-0.39, 0.29) is 30.4 Å². The van der Waals surface area contributed by atoms with Gasteiger partial charge in [0.25, 0.3) is 5.91 Å². The minimum Gasteiger partial charge on any atom is -0.504 e. The molecule has 0 radical (unpaired) electrons. The Hall–Kier alpha value is -2.24. The third kappa shape index (κ3) is 5.17. The predicted molar refractivity (Wildman–Crippen MR) is 72.6 cm³/mol. The van der Waals surface area contributed by atoms with Crippen LogP contribution in [-0.4, -0.2) is 34.7 Å². The molecule has 0 aliphatic rings. The maximum absolute atomic E-state index is 11.7. The van der Waals surface area contributed by atoms with Gasteiger partial charge in [-0.05, 0) is 18.1 Å². The van der Waals surface area contributed by atoms with Gasteiger partial charge in [0, 0.05) is 6.04 Å². The molecule has 1 atom stereocenters. The van der Waals surface area contributed by atoms with Gasteiger partial charge in [-0.25, -0.2) is 0 Å². The summed E-state index contributed by atoms with van der Waals surface area (Å²) in [5, 5.41) is 20.9. The van der Waals surface area contributed by atoms with Crippen LogP contribution in [0.4, 0.5) is 0 Å². The van der Waals surface area contributed by atoms with Crippen LogP contribution in [0.3, 0.4) is 0 Å². The number of amides is 1. The molecule has 1 aromatic rings. The van der Waals surface area contributed by atoms with Crippen LogP contribution in [-0.2, 0) is 9.59 Å². The Morgan fingerprint density at radius 1 is 1.30 bits per heavy atom. The SMILES string of the molecule is CC(C)C(CC(=O)O)NC(=O)COc1ccccc1O. The number of carbonyl (C=O) groups is 2. The Balaban J connectivity index is 2.50. The van der Waals surface area contributed by atoms with Crippen LogP contribution in [0.1, 0.15) is 20.3 Å². The first kappa shape index (κ1) is 15.8. The number of carboxylic acid groups (broad SMARTS) is 1. The van der Waals surface area contributed by atoms with Crippen molar-refractivity contribution in [3.8, 4) is 11.5 Å². The summed E-state index contributed by atoms with van der Waals surface area (Å²) in [5.41, 5.74) is 0. The number of rotatable bonds is 7. The van der Waals surface area contributed by atoms with Crippen LogP contribution in [0.15, 0.2) is 24.3 Å². The number of para-hydroxylation sites is 2. The zero-order valence-corrected chi connectivity index (χ0v) is 11.5. The van der Waals surface area contributed by atoms with Crippen molar-refractivity contribution in [1.29, 1.82) is 0 Å². The van der Waals surface area contributed by atoms with Gasteiger partial charge in [-0.2, -0.15) is 0 Å². The van der Waals surface area contributed by atoms with Crippen molar-refractivity contribution in [3.05, 3.63) is 24.3 Å². The summed E-state index contributed by atoms with van der Waals surface area (Å²) in [6.45, 7) is 3.38. The number of hydrogen-bond donors (Lipinski definition) is 3. The van der Waals surface area contributed by atoms with Crippen molar-refractivity contribution >= 4 is 11.9 Å². The number of benzene rings is 1. The number of nitrogens with one attached hydrogen (secondary N) is 1. The van der Waals surface area contributed by atoms with Crippen LogP contribution in [0.5, 0.6) is 11.5 Å². The minimum absolute atomic E-state index is 0.000165. The number of phenols is 1. The molecular weight excluding hydrogens is 262 g/mol. The number of carboxylic acids is 1. The van der Waals surface area contributed by atoms with Crippen LogP contribution < -0.4 is 10.1 Å². The monoisotopic (exact) mass is 281 g/mol. The molecule has 1 aromatic carbocycles. The first-order chi connectivity index (χ1) is 9.40. The highest BCUT2D eigenvalue weighted by Crippen LogP contribution is 2.24. The fourth-order valence-corrected chi connectivity index (χ4v) is 1.61. The van der Waals surface area contributed by atoms with Gasteiger partial charge in [0.1, 0.15) is 0 Å². The van der Waals surface area contributed by atoms with Crippen molar-refractivity contribution in [2.24, 2.45) is 5.92 Å². The van der Waals surface area contributed by atoms with Crippen molar-refractivity contribution < 1.29 is 24.5 Å². The third-order valence-electron chi connectivity index (χ3n) is 2.77. The fraction of sp³-hybridized carbons (Fsp3) is 0.429. The predicted octanol–water partition coefficient (Wildman–Crippen LogP) is 1.39.